The number of hydrogen-bond donors (Lipinski definition) is 2. The maximum absolute atomic E-state index is 11.2. The molecule has 0 aliphatic carbocycles. The van der Waals surface area contributed by atoms with E-state index < -0.39 is 0 Å². The van der Waals surface area contributed by atoms with Gasteiger partial charge in [-0.1, -0.05) is 18.2 Å². The number of carbonyl (C=O) groups is 1. The molecule has 0 radical (unpaired) electrons. The molecular weight excluding hydrogens is 190 g/mol. The van der Waals surface area contributed by atoms with E-state index >= 15 is 0 Å². The van der Waals surface area contributed by atoms with E-state index in [0.717, 1.165) is 12.1 Å². The summed E-state index contributed by atoms with van der Waals surface area (Å²) in [6.45, 7) is 2.21. The minimum atomic E-state index is -0.128. The minimum Gasteiger partial charge on any atom is -0.507 e. The number of Topliss-reactive ketones (excluding diaryl/α,β-unsaturated/α-hetero) is 1. The predicted molar refractivity (Wildman–Crippen MR) is 61.1 cm³/mol. The van der Waals surface area contributed by atoms with E-state index in [1.807, 2.05) is 19.2 Å². The van der Waals surface area contributed by atoms with Crippen molar-refractivity contribution >= 4 is 11.9 Å². The molecule has 0 fully saturated rings. The van der Waals surface area contributed by atoms with Gasteiger partial charge in [0.05, 0.1) is 5.56 Å². The third-order valence-electron chi connectivity index (χ3n) is 2.03. The lowest BCUT2D eigenvalue weighted by atomic mass is 10.1. The first kappa shape index (κ1) is 11.5. The standard InChI is InChI=1S/C12H15NO2/c1-9(14)11-8-10(4-3-7-13-2)5-6-12(11)15/h3-6,8,13,15H,7H2,1-2H3. The van der Waals surface area contributed by atoms with Crippen LogP contribution in [0.15, 0.2) is 24.3 Å². The first-order valence-electron chi connectivity index (χ1n) is 4.80. The van der Waals surface area contributed by atoms with Crippen molar-refractivity contribution in [3.63, 3.8) is 0 Å². The van der Waals surface area contributed by atoms with Gasteiger partial charge in [0.2, 0.25) is 0 Å². The highest BCUT2D eigenvalue weighted by atomic mass is 16.3. The first-order valence-corrected chi connectivity index (χ1v) is 4.80. The minimum absolute atomic E-state index is 0.0354. The number of carbonyl (C=O) groups excluding carboxylic acids is 1. The third-order valence-corrected chi connectivity index (χ3v) is 2.03. The Morgan fingerprint density at radius 1 is 1.53 bits per heavy atom. The third kappa shape index (κ3) is 3.22. The highest BCUT2D eigenvalue weighted by Crippen LogP contribution is 2.19. The second kappa shape index (κ2) is 5.32. The SMILES string of the molecule is CNCC=Cc1ccc(O)c(C(C)=O)c1. The van der Waals surface area contributed by atoms with Crippen LogP contribution in [0.3, 0.4) is 0 Å². The molecule has 0 aromatic heterocycles. The Balaban J connectivity index is 2.92. The largest absolute Gasteiger partial charge is 0.507 e. The highest BCUT2D eigenvalue weighted by Gasteiger charge is 2.05. The Kier molecular flexibility index (Phi) is 4.06. The summed E-state index contributed by atoms with van der Waals surface area (Å²) in [6.07, 6.45) is 3.86. The second-order valence-electron chi connectivity index (χ2n) is 3.29. The molecule has 0 spiro atoms. The Morgan fingerprint density at radius 2 is 2.27 bits per heavy atom. The van der Waals surface area contributed by atoms with Crippen molar-refractivity contribution < 1.29 is 9.90 Å². The molecule has 0 bridgehead atoms. The van der Waals surface area contributed by atoms with Crippen molar-refractivity contribution in [3.8, 4) is 5.75 Å². The molecule has 3 heteroatoms. The van der Waals surface area contributed by atoms with Gasteiger partial charge in [-0.3, -0.25) is 4.79 Å². The molecule has 0 heterocycles. The van der Waals surface area contributed by atoms with Crippen LogP contribution in [-0.2, 0) is 0 Å². The fourth-order valence-electron chi connectivity index (χ4n) is 1.25. The Morgan fingerprint density at radius 3 is 2.87 bits per heavy atom. The number of hydrogen-bond acceptors (Lipinski definition) is 3. The molecular formula is C12H15NO2. The second-order valence-corrected chi connectivity index (χ2v) is 3.29. The van der Waals surface area contributed by atoms with Gasteiger partial charge in [0.25, 0.3) is 0 Å². The summed E-state index contributed by atoms with van der Waals surface area (Å²) in [5, 5.41) is 12.4. The summed E-state index contributed by atoms with van der Waals surface area (Å²) in [4.78, 5) is 11.2. The van der Waals surface area contributed by atoms with E-state index in [1.54, 1.807) is 12.1 Å². The number of nitrogens with one attached hydrogen (secondary N) is 1. The Labute approximate surface area is 89.4 Å². The summed E-state index contributed by atoms with van der Waals surface area (Å²) in [7, 11) is 1.86. The average molecular weight is 205 g/mol. The van der Waals surface area contributed by atoms with E-state index in [2.05, 4.69) is 5.32 Å². The van der Waals surface area contributed by atoms with Gasteiger partial charge in [-0.25, -0.2) is 0 Å². The molecule has 15 heavy (non-hydrogen) atoms. The van der Waals surface area contributed by atoms with Gasteiger partial charge >= 0.3 is 0 Å². The number of phenols is 1. The van der Waals surface area contributed by atoms with Crippen LogP contribution >= 0.6 is 0 Å². The van der Waals surface area contributed by atoms with E-state index in [0.29, 0.717) is 5.56 Å². The molecule has 2 N–H and O–H groups in total. The zero-order valence-corrected chi connectivity index (χ0v) is 8.95. The molecule has 1 aromatic rings. The molecule has 0 amide bonds. The zero-order valence-electron chi connectivity index (χ0n) is 8.95. The van der Waals surface area contributed by atoms with Crippen LogP contribution in [0.1, 0.15) is 22.8 Å². The smallest absolute Gasteiger partial charge is 0.163 e. The topological polar surface area (TPSA) is 49.3 Å². The van der Waals surface area contributed by atoms with E-state index in [-0.39, 0.29) is 11.5 Å². The lowest BCUT2D eigenvalue weighted by Gasteiger charge is -2.01. The molecule has 0 aliphatic heterocycles. The molecule has 0 saturated carbocycles. The van der Waals surface area contributed by atoms with Crippen molar-refractivity contribution in [2.45, 2.75) is 6.92 Å². The van der Waals surface area contributed by atoms with E-state index in [4.69, 9.17) is 0 Å². The maximum Gasteiger partial charge on any atom is 0.163 e. The van der Waals surface area contributed by atoms with Gasteiger partial charge in [-0.2, -0.15) is 0 Å². The summed E-state index contributed by atoms with van der Waals surface area (Å²) >= 11 is 0. The van der Waals surface area contributed by atoms with Crippen LogP contribution in [0.5, 0.6) is 5.75 Å². The molecule has 3 nitrogen and oxygen atoms in total. The quantitative estimate of drug-likeness (QED) is 0.737. The first-order chi connectivity index (χ1) is 7.15. The molecule has 0 unspecified atom stereocenters. The van der Waals surface area contributed by atoms with Gasteiger partial charge in [0.15, 0.2) is 5.78 Å². The molecule has 1 rings (SSSR count). The van der Waals surface area contributed by atoms with Crippen molar-refractivity contribution in [1.82, 2.24) is 5.32 Å². The van der Waals surface area contributed by atoms with E-state index in [9.17, 15) is 9.90 Å². The van der Waals surface area contributed by atoms with Crippen LogP contribution in [0.2, 0.25) is 0 Å². The van der Waals surface area contributed by atoms with Gasteiger partial charge in [-0.15, -0.1) is 0 Å². The molecule has 0 aliphatic rings. The van der Waals surface area contributed by atoms with Crippen molar-refractivity contribution in [1.29, 1.82) is 0 Å². The fraction of sp³-hybridized carbons (Fsp3) is 0.250. The number of ketones is 1. The molecule has 1 aromatic carbocycles. The highest BCUT2D eigenvalue weighted by molar-refractivity contribution is 5.97. The predicted octanol–water partition coefficient (Wildman–Crippen LogP) is 1.83. The molecule has 0 saturated heterocycles. The van der Waals surface area contributed by atoms with Gasteiger partial charge in [0, 0.05) is 6.54 Å². The maximum atomic E-state index is 11.2. The average Bonchev–Trinajstić information content (AvgIpc) is 2.20. The zero-order chi connectivity index (χ0) is 11.3. The lowest BCUT2D eigenvalue weighted by molar-refractivity contribution is 0.101. The molecule has 80 valence electrons. The van der Waals surface area contributed by atoms with Crippen LogP contribution < -0.4 is 5.32 Å². The summed E-state index contributed by atoms with van der Waals surface area (Å²) in [6, 6.07) is 4.99. The summed E-state index contributed by atoms with van der Waals surface area (Å²) < 4.78 is 0. The summed E-state index contributed by atoms with van der Waals surface area (Å²) in [5.41, 5.74) is 1.27. The number of benzene rings is 1. The monoisotopic (exact) mass is 205 g/mol. The Hall–Kier alpha value is -1.61. The number of phenolic OH excluding ortho intramolecular Hbond substituents is 1. The van der Waals surface area contributed by atoms with Crippen LogP contribution in [-0.4, -0.2) is 24.5 Å². The van der Waals surface area contributed by atoms with Crippen LogP contribution in [0, 0.1) is 0 Å². The lowest BCUT2D eigenvalue weighted by Crippen LogP contribution is -2.03. The van der Waals surface area contributed by atoms with Gasteiger partial charge in [0.1, 0.15) is 5.75 Å². The normalized spacial score (nSPS) is 10.8. The van der Waals surface area contributed by atoms with Crippen molar-refractivity contribution in [3.05, 3.63) is 35.4 Å². The van der Waals surface area contributed by atoms with E-state index in [1.165, 1.54) is 13.0 Å². The number of aromatic hydroxyl groups is 1. The Bertz CT molecular complexity index is 383. The van der Waals surface area contributed by atoms with Crippen LogP contribution in [0.4, 0.5) is 0 Å². The van der Waals surface area contributed by atoms with Crippen LogP contribution in [0.25, 0.3) is 6.08 Å². The number of likely N-dealkylation sites (N-methyl/N-ethyl adjacent to an activating group) is 1. The van der Waals surface area contributed by atoms with Gasteiger partial charge < -0.3 is 10.4 Å². The number of rotatable bonds is 4. The molecule has 0 atom stereocenters. The summed E-state index contributed by atoms with van der Waals surface area (Å²) in [5.74, 6) is -0.0929. The van der Waals surface area contributed by atoms with Crippen molar-refractivity contribution in [2.75, 3.05) is 13.6 Å². The fourth-order valence-corrected chi connectivity index (χ4v) is 1.25. The van der Waals surface area contributed by atoms with Crippen molar-refractivity contribution in [2.24, 2.45) is 0 Å². The van der Waals surface area contributed by atoms with Gasteiger partial charge in [-0.05, 0) is 31.7 Å².